The molecular formula is C15H19FN2O. The molecule has 0 aromatic heterocycles. The highest BCUT2D eigenvalue weighted by Gasteiger charge is 2.25. The van der Waals surface area contributed by atoms with Crippen molar-refractivity contribution in [1.82, 2.24) is 5.32 Å². The number of hydrogen-bond donors (Lipinski definition) is 1. The smallest absolute Gasteiger partial charge is 0.227 e. The summed E-state index contributed by atoms with van der Waals surface area (Å²) in [5.41, 5.74) is 1.85. The van der Waals surface area contributed by atoms with Crippen molar-refractivity contribution in [2.75, 3.05) is 18.0 Å². The summed E-state index contributed by atoms with van der Waals surface area (Å²) in [6.07, 6.45) is 4.64. The molecule has 1 unspecified atom stereocenters. The van der Waals surface area contributed by atoms with E-state index in [1.807, 2.05) is 0 Å². The van der Waals surface area contributed by atoms with E-state index in [9.17, 15) is 9.18 Å². The van der Waals surface area contributed by atoms with Gasteiger partial charge in [0.2, 0.25) is 5.91 Å². The summed E-state index contributed by atoms with van der Waals surface area (Å²) in [5.74, 6) is -0.144. The van der Waals surface area contributed by atoms with E-state index in [-0.39, 0.29) is 11.7 Å². The van der Waals surface area contributed by atoms with Crippen molar-refractivity contribution in [3.63, 3.8) is 0 Å². The fourth-order valence-electron chi connectivity index (χ4n) is 3.05. The summed E-state index contributed by atoms with van der Waals surface area (Å²) < 4.78 is 13.3. The number of carbonyl (C=O) groups excluding carboxylic acids is 1. The number of anilines is 1. The maximum absolute atomic E-state index is 13.3. The standard InChI is InChI=1S/C15H19FN2O/c16-12-4-3-11-7-9-18(14(11)10-12)15(19)6-5-13-2-1-8-17-13/h3-4,10,13,17H,1-2,5-9H2. The van der Waals surface area contributed by atoms with E-state index in [1.165, 1.54) is 25.0 Å². The summed E-state index contributed by atoms with van der Waals surface area (Å²) in [7, 11) is 0. The molecule has 1 aromatic carbocycles. The monoisotopic (exact) mass is 262 g/mol. The van der Waals surface area contributed by atoms with Crippen LogP contribution in [-0.2, 0) is 11.2 Å². The van der Waals surface area contributed by atoms with Gasteiger partial charge in [-0.25, -0.2) is 4.39 Å². The molecule has 0 saturated carbocycles. The highest BCUT2D eigenvalue weighted by molar-refractivity contribution is 5.95. The van der Waals surface area contributed by atoms with E-state index in [0.29, 0.717) is 19.0 Å². The Kier molecular flexibility index (Phi) is 3.51. The predicted molar refractivity (Wildman–Crippen MR) is 72.7 cm³/mol. The van der Waals surface area contributed by atoms with Crippen LogP contribution in [0.4, 0.5) is 10.1 Å². The van der Waals surface area contributed by atoms with Crippen molar-refractivity contribution >= 4 is 11.6 Å². The van der Waals surface area contributed by atoms with Crippen molar-refractivity contribution in [2.24, 2.45) is 0 Å². The van der Waals surface area contributed by atoms with Crippen LogP contribution in [0, 0.1) is 5.82 Å². The fourth-order valence-corrected chi connectivity index (χ4v) is 3.05. The second-order valence-electron chi connectivity index (χ2n) is 5.40. The molecule has 0 radical (unpaired) electrons. The zero-order valence-corrected chi connectivity index (χ0v) is 11.0. The maximum Gasteiger partial charge on any atom is 0.227 e. The molecule has 3 nitrogen and oxygen atoms in total. The number of halogens is 1. The van der Waals surface area contributed by atoms with Gasteiger partial charge < -0.3 is 10.2 Å². The SMILES string of the molecule is O=C(CCC1CCCN1)N1CCc2ccc(F)cc21. The summed E-state index contributed by atoms with van der Waals surface area (Å²) in [4.78, 5) is 14.0. The molecule has 2 aliphatic rings. The lowest BCUT2D eigenvalue weighted by molar-refractivity contribution is -0.118. The lowest BCUT2D eigenvalue weighted by Crippen LogP contribution is -2.31. The van der Waals surface area contributed by atoms with Crippen LogP contribution in [0.25, 0.3) is 0 Å². The second kappa shape index (κ2) is 5.29. The summed E-state index contributed by atoms with van der Waals surface area (Å²) in [6, 6.07) is 5.22. The average molecular weight is 262 g/mol. The largest absolute Gasteiger partial charge is 0.314 e. The first-order chi connectivity index (χ1) is 9.24. The van der Waals surface area contributed by atoms with E-state index < -0.39 is 0 Å². The molecule has 19 heavy (non-hydrogen) atoms. The molecule has 1 amide bonds. The summed E-state index contributed by atoms with van der Waals surface area (Å²) in [5, 5.41) is 3.40. The van der Waals surface area contributed by atoms with Gasteiger partial charge in [0.25, 0.3) is 0 Å². The molecule has 3 rings (SSSR count). The Morgan fingerprint density at radius 1 is 1.47 bits per heavy atom. The van der Waals surface area contributed by atoms with Gasteiger partial charge in [0.05, 0.1) is 0 Å². The lowest BCUT2D eigenvalue weighted by atomic mass is 10.1. The minimum Gasteiger partial charge on any atom is -0.314 e. The van der Waals surface area contributed by atoms with E-state index in [2.05, 4.69) is 5.32 Å². The van der Waals surface area contributed by atoms with E-state index in [0.717, 1.165) is 30.6 Å². The Hall–Kier alpha value is -1.42. The van der Waals surface area contributed by atoms with Crippen LogP contribution in [0.3, 0.4) is 0 Å². The van der Waals surface area contributed by atoms with Gasteiger partial charge in [-0.2, -0.15) is 0 Å². The van der Waals surface area contributed by atoms with Crippen molar-refractivity contribution in [3.8, 4) is 0 Å². The molecule has 1 atom stereocenters. The molecule has 1 aromatic rings. The highest BCUT2D eigenvalue weighted by Crippen LogP contribution is 2.29. The number of carbonyl (C=O) groups is 1. The molecule has 0 bridgehead atoms. The Balaban J connectivity index is 1.64. The number of fused-ring (bicyclic) bond motifs is 1. The van der Waals surface area contributed by atoms with Crippen LogP contribution in [0.2, 0.25) is 0 Å². The van der Waals surface area contributed by atoms with Gasteiger partial charge in [-0.3, -0.25) is 4.79 Å². The van der Waals surface area contributed by atoms with Crippen molar-refractivity contribution < 1.29 is 9.18 Å². The van der Waals surface area contributed by atoms with Crippen LogP contribution in [-0.4, -0.2) is 25.0 Å². The number of hydrogen-bond acceptors (Lipinski definition) is 2. The fraction of sp³-hybridized carbons (Fsp3) is 0.533. The normalized spacial score (nSPS) is 21.7. The predicted octanol–water partition coefficient (Wildman–Crippen LogP) is 2.25. The van der Waals surface area contributed by atoms with E-state index in [4.69, 9.17) is 0 Å². The molecular weight excluding hydrogens is 243 g/mol. The Bertz CT molecular complexity index is 483. The van der Waals surface area contributed by atoms with Crippen LogP contribution in [0.1, 0.15) is 31.2 Å². The highest BCUT2D eigenvalue weighted by atomic mass is 19.1. The van der Waals surface area contributed by atoms with E-state index >= 15 is 0 Å². The number of amides is 1. The molecule has 0 aliphatic carbocycles. The molecule has 0 spiro atoms. The second-order valence-corrected chi connectivity index (χ2v) is 5.40. The molecule has 2 heterocycles. The summed E-state index contributed by atoms with van der Waals surface area (Å²) in [6.45, 7) is 1.76. The maximum atomic E-state index is 13.3. The van der Waals surface area contributed by atoms with E-state index in [1.54, 1.807) is 11.0 Å². The molecule has 102 valence electrons. The zero-order chi connectivity index (χ0) is 13.2. The third-order valence-corrected chi connectivity index (χ3v) is 4.11. The van der Waals surface area contributed by atoms with Crippen LogP contribution in [0.15, 0.2) is 18.2 Å². The minimum atomic E-state index is -0.268. The van der Waals surface area contributed by atoms with Crippen molar-refractivity contribution in [3.05, 3.63) is 29.6 Å². The minimum absolute atomic E-state index is 0.123. The third-order valence-electron chi connectivity index (χ3n) is 4.11. The van der Waals surface area contributed by atoms with Gasteiger partial charge in [-0.05, 0) is 49.9 Å². The first-order valence-corrected chi connectivity index (χ1v) is 7.06. The molecule has 4 heteroatoms. The molecule has 1 N–H and O–H groups in total. The Morgan fingerprint density at radius 3 is 3.16 bits per heavy atom. The van der Waals surface area contributed by atoms with Gasteiger partial charge >= 0.3 is 0 Å². The van der Waals surface area contributed by atoms with Gasteiger partial charge in [-0.15, -0.1) is 0 Å². The van der Waals surface area contributed by atoms with Gasteiger partial charge in [-0.1, -0.05) is 6.07 Å². The van der Waals surface area contributed by atoms with Crippen LogP contribution >= 0.6 is 0 Å². The first kappa shape index (κ1) is 12.6. The average Bonchev–Trinajstić information content (AvgIpc) is 3.04. The Labute approximate surface area is 112 Å². The third kappa shape index (κ3) is 2.63. The first-order valence-electron chi connectivity index (χ1n) is 7.06. The van der Waals surface area contributed by atoms with Crippen LogP contribution in [0.5, 0.6) is 0 Å². The quantitative estimate of drug-likeness (QED) is 0.906. The molecule has 2 aliphatic heterocycles. The van der Waals surface area contributed by atoms with Gasteiger partial charge in [0.1, 0.15) is 5.82 Å². The molecule has 1 saturated heterocycles. The lowest BCUT2D eigenvalue weighted by Gasteiger charge is -2.18. The topological polar surface area (TPSA) is 32.3 Å². The zero-order valence-electron chi connectivity index (χ0n) is 11.0. The van der Waals surface area contributed by atoms with Gasteiger partial charge in [0.15, 0.2) is 0 Å². The number of nitrogens with one attached hydrogen (secondary N) is 1. The van der Waals surface area contributed by atoms with Crippen molar-refractivity contribution in [2.45, 2.75) is 38.1 Å². The Morgan fingerprint density at radius 2 is 2.37 bits per heavy atom. The summed E-state index contributed by atoms with van der Waals surface area (Å²) >= 11 is 0. The number of rotatable bonds is 3. The van der Waals surface area contributed by atoms with Crippen LogP contribution < -0.4 is 10.2 Å². The number of benzene rings is 1. The van der Waals surface area contributed by atoms with Gasteiger partial charge in [0, 0.05) is 24.7 Å². The number of nitrogens with zero attached hydrogens (tertiary/aromatic N) is 1. The van der Waals surface area contributed by atoms with Crippen molar-refractivity contribution in [1.29, 1.82) is 0 Å². The molecule has 1 fully saturated rings.